The van der Waals surface area contributed by atoms with Crippen molar-refractivity contribution in [2.24, 2.45) is 4.99 Å². The first-order valence-electron chi connectivity index (χ1n) is 11.5. The van der Waals surface area contributed by atoms with E-state index in [0.29, 0.717) is 45.2 Å². The van der Waals surface area contributed by atoms with Gasteiger partial charge in [-0.2, -0.15) is 13.9 Å². The zero-order valence-electron chi connectivity index (χ0n) is 19.1. The van der Waals surface area contributed by atoms with E-state index in [0.717, 1.165) is 0 Å². The quantitative estimate of drug-likeness (QED) is 0.450. The summed E-state index contributed by atoms with van der Waals surface area (Å²) in [6.07, 6.45) is 4.34. The largest absolute Gasteiger partial charge is 0.333 e. The van der Waals surface area contributed by atoms with Gasteiger partial charge in [0.05, 0.1) is 10.9 Å². The van der Waals surface area contributed by atoms with E-state index in [1.807, 2.05) is 4.90 Å². The standard InChI is InChI=1S/C23H20ClF3N6O2S2/c24-16-9-12(25)1-4-15(16)20-19(17-5-7-33(30-17)23(26)27)18-10-13(31-37(34,35)14-2-3-14)11-32(18)21(29-20)22-28-6-8-36-22/h1,4-9,13-14,20,23,31H,2-3,10-11H2/t13?,20-/m0/s1. The molecule has 1 N–H and O–H groups in total. The maximum atomic E-state index is 13.9. The topological polar surface area (TPSA) is 92.5 Å². The van der Waals surface area contributed by atoms with E-state index in [1.165, 1.54) is 41.8 Å². The number of nitrogens with one attached hydrogen (secondary N) is 1. The second-order valence-electron chi connectivity index (χ2n) is 9.05. The molecule has 3 aliphatic rings. The highest BCUT2D eigenvalue weighted by molar-refractivity contribution is 7.90. The first-order chi connectivity index (χ1) is 17.7. The Morgan fingerprint density at radius 3 is 2.68 bits per heavy atom. The zero-order valence-corrected chi connectivity index (χ0v) is 21.4. The van der Waals surface area contributed by atoms with E-state index in [4.69, 9.17) is 16.6 Å². The highest BCUT2D eigenvalue weighted by Gasteiger charge is 2.44. The summed E-state index contributed by atoms with van der Waals surface area (Å²) in [5.41, 5.74) is 1.89. The molecule has 4 heterocycles. The Balaban J connectivity index is 1.51. The van der Waals surface area contributed by atoms with Gasteiger partial charge in [-0.05, 0) is 31.0 Å². The fourth-order valence-electron chi connectivity index (χ4n) is 4.74. The first kappa shape index (κ1) is 24.6. The molecule has 194 valence electrons. The monoisotopic (exact) mass is 568 g/mol. The molecule has 0 radical (unpaired) electrons. The van der Waals surface area contributed by atoms with Crippen molar-refractivity contribution in [2.45, 2.75) is 43.1 Å². The van der Waals surface area contributed by atoms with Crippen molar-refractivity contribution in [1.29, 1.82) is 0 Å². The molecule has 37 heavy (non-hydrogen) atoms. The first-order valence-corrected chi connectivity index (χ1v) is 14.3. The van der Waals surface area contributed by atoms with Gasteiger partial charge in [-0.25, -0.2) is 27.2 Å². The number of alkyl halides is 2. The Labute approximate surface area is 219 Å². The van der Waals surface area contributed by atoms with Crippen molar-refractivity contribution >= 4 is 44.4 Å². The van der Waals surface area contributed by atoms with Gasteiger partial charge in [0.15, 0.2) is 10.8 Å². The number of hydrogen-bond donors (Lipinski definition) is 1. The predicted octanol–water partition coefficient (Wildman–Crippen LogP) is 4.60. The Morgan fingerprint density at radius 2 is 2.03 bits per heavy atom. The highest BCUT2D eigenvalue weighted by atomic mass is 35.5. The van der Waals surface area contributed by atoms with E-state index in [1.54, 1.807) is 11.6 Å². The van der Waals surface area contributed by atoms with E-state index in [9.17, 15) is 21.6 Å². The zero-order chi connectivity index (χ0) is 25.9. The summed E-state index contributed by atoms with van der Waals surface area (Å²) in [6, 6.07) is 4.12. The van der Waals surface area contributed by atoms with Gasteiger partial charge >= 0.3 is 6.55 Å². The van der Waals surface area contributed by atoms with E-state index in [2.05, 4.69) is 14.8 Å². The van der Waals surface area contributed by atoms with E-state index in [-0.39, 0.29) is 23.7 Å². The minimum absolute atomic E-state index is 0.121. The molecule has 6 rings (SSSR count). The molecule has 2 fully saturated rings. The third-order valence-electron chi connectivity index (χ3n) is 6.52. The molecular weight excluding hydrogens is 549 g/mol. The summed E-state index contributed by atoms with van der Waals surface area (Å²) in [7, 11) is -3.48. The van der Waals surface area contributed by atoms with Gasteiger partial charge in [-0.15, -0.1) is 11.3 Å². The fourth-order valence-corrected chi connectivity index (χ4v) is 7.22. The molecule has 1 unspecified atom stereocenters. The van der Waals surface area contributed by atoms with Gasteiger partial charge in [-0.3, -0.25) is 4.99 Å². The minimum atomic E-state index is -3.48. The lowest BCUT2D eigenvalue weighted by molar-refractivity contribution is 0.0564. The molecule has 0 spiro atoms. The maximum Gasteiger partial charge on any atom is 0.333 e. The van der Waals surface area contributed by atoms with Crippen molar-refractivity contribution in [2.75, 3.05) is 6.54 Å². The Kier molecular flexibility index (Phi) is 6.13. The Bertz CT molecular complexity index is 1520. The van der Waals surface area contributed by atoms with Crippen LogP contribution in [-0.4, -0.2) is 51.8 Å². The van der Waals surface area contributed by atoms with Crippen molar-refractivity contribution in [3.8, 4) is 0 Å². The second-order valence-corrected chi connectivity index (χ2v) is 12.3. The normalized spacial score (nSPS) is 22.1. The van der Waals surface area contributed by atoms with Crippen LogP contribution in [0.3, 0.4) is 0 Å². The fraction of sp³-hybridized carbons (Fsp3) is 0.348. The number of aliphatic imine (C=N–C) groups is 1. The lowest BCUT2D eigenvalue weighted by Gasteiger charge is -2.32. The van der Waals surface area contributed by atoms with Gasteiger partial charge in [0, 0.05) is 58.6 Å². The summed E-state index contributed by atoms with van der Waals surface area (Å²) >= 11 is 7.81. The van der Waals surface area contributed by atoms with Crippen LogP contribution in [0.4, 0.5) is 13.2 Å². The lowest BCUT2D eigenvalue weighted by atomic mass is 9.92. The number of sulfonamides is 1. The van der Waals surface area contributed by atoms with Crippen LogP contribution in [0.15, 0.2) is 52.7 Å². The third kappa shape index (κ3) is 4.58. The highest BCUT2D eigenvalue weighted by Crippen LogP contribution is 2.46. The van der Waals surface area contributed by atoms with Crippen LogP contribution in [0.2, 0.25) is 5.02 Å². The molecule has 0 amide bonds. The van der Waals surface area contributed by atoms with Gasteiger partial charge in [0.1, 0.15) is 11.9 Å². The van der Waals surface area contributed by atoms with Gasteiger partial charge in [0.2, 0.25) is 10.0 Å². The molecule has 3 aromatic rings. The van der Waals surface area contributed by atoms with Crippen LogP contribution < -0.4 is 4.72 Å². The van der Waals surface area contributed by atoms with Crippen LogP contribution in [-0.2, 0) is 10.0 Å². The predicted molar refractivity (Wildman–Crippen MR) is 133 cm³/mol. The molecule has 2 aliphatic heterocycles. The van der Waals surface area contributed by atoms with Crippen molar-refractivity contribution < 1.29 is 21.6 Å². The molecule has 14 heteroatoms. The molecular formula is C23H20ClF3N6O2S2. The summed E-state index contributed by atoms with van der Waals surface area (Å²) in [5.74, 6) is -0.0255. The van der Waals surface area contributed by atoms with E-state index >= 15 is 0 Å². The van der Waals surface area contributed by atoms with Crippen molar-refractivity contribution in [3.05, 3.63) is 74.8 Å². The van der Waals surface area contributed by atoms with Gasteiger partial charge in [-0.1, -0.05) is 17.7 Å². The number of nitrogens with zero attached hydrogens (tertiary/aromatic N) is 5. The molecule has 1 aliphatic carbocycles. The molecule has 8 nitrogen and oxygen atoms in total. The number of benzene rings is 1. The summed E-state index contributed by atoms with van der Waals surface area (Å²) in [4.78, 5) is 11.2. The van der Waals surface area contributed by atoms with Crippen LogP contribution in [0.25, 0.3) is 5.57 Å². The van der Waals surface area contributed by atoms with Crippen molar-refractivity contribution in [3.63, 3.8) is 0 Å². The van der Waals surface area contributed by atoms with Crippen LogP contribution in [0.1, 0.15) is 48.1 Å². The molecule has 1 aromatic carbocycles. The number of thiazole rings is 1. The SMILES string of the molecule is O=S(=O)(NC1CC2=C(c3ccn(C(F)F)n3)[C@H](c3ccc(F)cc3Cl)N=C(c3nccs3)N2C1)C1CC1. The molecule has 2 aromatic heterocycles. The summed E-state index contributed by atoms with van der Waals surface area (Å²) in [5, 5.41) is 6.21. The summed E-state index contributed by atoms with van der Waals surface area (Å²) in [6.45, 7) is -2.56. The summed E-state index contributed by atoms with van der Waals surface area (Å²) < 4.78 is 69.5. The van der Waals surface area contributed by atoms with Crippen molar-refractivity contribution in [1.82, 2.24) is 24.4 Å². The molecule has 1 saturated carbocycles. The number of halogens is 4. The molecule has 0 bridgehead atoms. The number of aromatic nitrogens is 3. The van der Waals surface area contributed by atoms with E-state index < -0.39 is 39.7 Å². The number of hydrogen-bond acceptors (Lipinski definition) is 7. The Hall–Kier alpha value is -2.74. The minimum Gasteiger partial charge on any atom is -0.326 e. The van der Waals surface area contributed by atoms with Crippen LogP contribution in [0, 0.1) is 5.82 Å². The van der Waals surface area contributed by atoms with Crippen LogP contribution >= 0.6 is 22.9 Å². The Morgan fingerprint density at radius 1 is 1.22 bits per heavy atom. The number of fused-ring (bicyclic) bond motifs is 1. The number of rotatable bonds is 7. The smallest absolute Gasteiger partial charge is 0.326 e. The number of amidine groups is 1. The van der Waals surface area contributed by atoms with Gasteiger partial charge < -0.3 is 4.90 Å². The lowest BCUT2D eigenvalue weighted by Crippen LogP contribution is -2.40. The molecule has 1 saturated heterocycles. The average molecular weight is 569 g/mol. The third-order valence-corrected chi connectivity index (χ3v) is 9.63. The van der Waals surface area contributed by atoms with Crippen LogP contribution in [0.5, 0.6) is 0 Å². The average Bonchev–Trinajstić information content (AvgIpc) is 3.21. The van der Waals surface area contributed by atoms with Gasteiger partial charge in [0.25, 0.3) is 0 Å². The second kappa shape index (κ2) is 9.22. The maximum absolute atomic E-state index is 13.9. The molecule has 2 atom stereocenters.